The highest BCUT2D eigenvalue weighted by atomic mass is 19.1. The molecule has 2 atom stereocenters. The summed E-state index contributed by atoms with van der Waals surface area (Å²) in [5.41, 5.74) is 2.51. The van der Waals surface area contributed by atoms with Crippen LogP contribution in [0.1, 0.15) is 32.3 Å². The van der Waals surface area contributed by atoms with E-state index in [9.17, 15) is 14.3 Å². The normalized spacial score (nSPS) is 13.0. The number of aromatic nitrogens is 4. The summed E-state index contributed by atoms with van der Waals surface area (Å²) in [6, 6.07) is 13.0. The number of halogens is 1. The number of aliphatic hydroxyl groups is 1. The van der Waals surface area contributed by atoms with Crippen LogP contribution >= 0.6 is 0 Å². The van der Waals surface area contributed by atoms with Crippen molar-refractivity contribution in [3.8, 4) is 11.4 Å². The van der Waals surface area contributed by atoms with Gasteiger partial charge in [-0.2, -0.15) is 4.68 Å². The number of carbonyl (C=O) groups excluding carboxylic acids is 1. The van der Waals surface area contributed by atoms with Gasteiger partial charge < -0.3 is 20.6 Å². The molecule has 0 bridgehead atoms. The average Bonchev–Trinajstić information content (AvgIpc) is 3.26. The van der Waals surface area contributed by atoms with Gasteiger partial charge in [-0.15, -0.1) is 0 Å². The van der Waals surface area contributed by atoms with Gasteiger partial charge in [-0.25, -0.2) is 9.18 Å². The predicted octanol–water partition coefficient (Wildman–Crippen LogP) is 2.65. The third kappa shape index (κ3) is 8.11. The minimum absolute atomic E-state index is 0.230. The van der Waals surface area contributed by atoms with Crippen LogP contribution in [0, 0.1) is 5.82 Å². The molecule has 1 aromatic heterocycles. The second-order valence-corrected chi connectivity index (χ2v) is 8.75. The summed E-state index contributed by atoms with van der Waals surface area (Å²) in [5, 5.41) is 26.9. The highest BCUT2D eigenvalue weighted by Crippen LogP contribution is 2.17. The molecule has 0 saturated heterocycles. The lowest BCUT2D eigenvalue weighted by Crippen LogP contribution is -2.48. The number of carbonyl (C=O) groups is 1. The summed E-state index contributed by atoms with van der Waals surface area (Å²) in [4.78, 5) is 14.7. The molecule has 2 amide bonds. The third-order valence-electron chi connectivity index (χ3n) is 5.81. The lowest BCUT2D eigenvalue weighted by Gasteiger charge is -2.28. The lowest BCUT2D eigenvalue weighted by molar-refractivity contribution is -0.721. The van der Waals surface area contributed by atoms with Crippen LogP contribution in [-0.2, 0) is 13.5 Å². The molecule has 0 aliphatic carbocycles. The van der Waals surface area contributed by atoms with E-state index in [1.54, 1.807) is 36.9 Å². The molecule has 0 unspecified atom stereocenters. The van der Waals surface area contributed by atoms with Gasteiger partial charge >= 0.3 is 11.9 Å². The molecule has 0 saturated carbocycles. The lowest BCUT2D eigenvalue weighted by atomic mass is 10.1. The molecule has 35 heavy (non-hydrogen) atoms. The second kappa shape index (κ2) is 12.9. The fourth-order valence-electron chi connectivity index (χ4n) is 3.90. The van der Waals surface area contributed by atoms with Gasteiger partial charge in [-0.05, 0) is 75.2 Å². The number of benzene rings is 2. The van der Waals surface area contributed by atoms with Crippen LogP contribution in [0.4, 0.5) is 14.9 Å². The zero-order valence-electron chi connectivity index (χ0n) is 20.5. The van der Waals surface area contributed by atoms with Crippen LogP contribution < -0.4 is 15.3 Å². The molecular formula is C25H35FN7O2+. The number of urea groups is 1. The topological polar surface area (TPSA) is 110 Å². The minimum Gasteiger partial charge on any atom is -0.390 e. The standard InChI is InChI=1S/C25H34FN7O2/c1-4-14-33(15-6-7-19-10-12-21(26)13-11-19)17-23(34)18(2)27-25(35)28-22-9-5-8-20(16-22)24-29-30-31-32(24)3/h5,8-13,16,18,23,34H,4,6-7,14-15,17H2,1-3H3,(H2,27,28,35)/p+1/t18-,23+/m1/s1. The summed E-state index contributed by atoms with van der Waals surface area (Å²) in [6.07, 6.45) is 1.99. The van der Waals surface area contributed by atoms with Gasteiger partial charge in [-0.1, -0.05) is 30.3 Å². The van der Waals surface area contributed by atoms with Gasteiger partial charge in [0, 0.05) is 12.2 Å². The van der Waals surface area contributed by atoms with Gasteiger partial charge in [0.05, 0.1) is 24.8 Å². The highest BCUT2D eigenvalue weighted by molar-refractivity contribution is 5.90. The van der Waals surface area contributed by atoms with Crippen molar-refractivity contribution in [1.82, 2.24) is 25.7 Å². The van der Waals surface area contributed by atoms with E-state index in [0.717, 1.165) is 43.5 Å². The Kier molecular flexibility index (Phi) is 9.68. The minimum atomic E-state index is -0.723. The van der Waals surface area contributed by atoms with Crippen LogP contribution in [0.15, 0.2) is 48.5 Å². The van der Waals surface area contributed by atoms with Crippen molar-refractivity contribution in [3.05, 3.63) is 59.9 Å². The van der Waals surface area contributed by atoms with E-state index >= 15 is 0 Å². The number of nitrogens with one attached hydrogen (secondary N) is 3. The first kappa shape index (κ1) is 26.2. The van der Waals surface area contributed by atoms with Gasteiger partial charge in [-0.3, -0.25) is 0 Å². The van der Waals surface area contributed by atoms with Crippen LogP contribution in [-0.4, -0.2) is 63.3 Å². The van der Waals surface area contributed by atoms with Crippen LogP contribution in [0.3, 0.4) is 0 Å². The number of hydrogen-bond acceptors (Lipinski definition) is 5. The molecule has 0 radical (unpaired) electrons. The molecule has 2 aromatic carbocycles. The summed E-state index contributed by atoms with van der Waals surface area (Å²) >= 11 is 0. The van der Waals surface area contributed by atoms with Crippen LogP contribution in [0.5, 0.6) is 0 Å². The number of amides is 2. The second-order valence-electron chi connectivity index (χ2n) is 8.75. The van der Waals surface area contributed by atoms with Crippen LogP contribution in [0.25, 0.3) is 11.4 Å². The van der Waals surface area contributed by atoms with E-state index in [1.807, 2.05) is 18.2 Å². The Morgan fingerprint density at radius 1 is 1.23 bits per heavy atom. The zero-order valence-corrected chi connectivity index (χ0v) is 20.5. The number of aryl methyl sites for hydroxylation is 2. The summed E-state index contributed by atoms with van der Waals surface area (Å²) in [6.45, 7) is 6.01. The maximum absolute atomic E-state index is 13.1. The highest BCUT2D eigenvalue weighted by Gasteiger charge is 2.20. The van der Waals surface area contributed by atoms with Gasteiger partial charge in [0.1, 0.15) is 10.9 Å². The number of rotatable bonds is 12. The van der Waals surface area contributed by atoms with Crippen molar-refractivity contribution in [1.29, 1.82) is 0 Å². The summed E-state index contributed by atoms with van der Waals surface area (Å²) < 4.78 is 14.8. The molecule has 1 heterocycles. The number of H-pyrrole nitrogens is 1. The molecule has 10 heteroatoms. The predicted molar refractivity (Wildman–Crippen MR) is 132 cm³/mol. The van der Waals surface area contributed by atoms with E-state index < -0.39 is 18.2 Å². The first-order valence-corrected chi connectivity index (χ1v) is 12.0. The Hall–Kier alpha value is -3.37. The van der Waals surface area contributed by atoms with Gasteiger partial charge in [0.2, 0.25) is 0 Å². The van der Waals surface area contributed by atoms with Crippen molar-refractivity contribution in [2.75, 3.05) is 25.0 Å². The van der Waals surface area contributed by atoms with E-state index in [4.69, 9.17) is 0 Å². The fraction of sp³-hybridized carbons (Fsp3) is 0.440. The van der Waals surface area contributed by atoms with E-state index in [2.05, 4.69) is 38.0 Å². The largest absolute Gasteiger partial charge is 0.390 e. The molecule has 4 N–H and O–H groups in total. The average molecular weight is 485 g/mol. The van der Waals surface area contributed by atoms with Gasteiger partial charge in [0.15, 0.2) is 5.21 Å². The number of nitrogens with zero attached hydrogens (tertiary/aromatic N) is 4. The molecule has 0 aliphatic heterocycles. The SMILES string of the molecule is CCCN(CCCc1ccc(F)cc1)C[C@H](O)[C@@H](C)NC(=O)Nc1cccc(-c2nn[nH][n+]2C)c1. The number of anilines is 1. The monoisotopic (exact) mass is 484 g/mol. The van der Waals surface area contributed by atoms with Crippen molar-refractivity contribution in [2.45, 2.75) is 45.3 Å². The Morgan fingerprint density at radius 3 is 2.69 bits per heavy atom. The molecule has 0 fully saturated rings. The number of hydrogen-bond donors (Lipinski definition) is 4. The molecular weight excluding hydrogens is 449 g/mol. The molecule has 0 aliphatic rings. The van der Waals surface area contributed by atoms with Crippen molar-refractivity contribution >= 4 is 11.7 Å². The first-order chi connectivity index (χ1) is 16.9. The Bertz CT molecular complexity index is 1070. The van der Waals surface area contributed by atoms with Crippen molar-refractivity contribution in [2.24, 2.45) is 7.05 Å². The third-order valence-corrected chi connectivity index (χ3v) is 5.81. The fourth-order valence-corrected chi connectivity index (χ4v) is 3.90. The molecule has 9 nitrogen and oxygen atoms in total. The van der Waals surface area contributed by atoms with Crippen molar-refractivity contribution in [3.63, 3.8) is 0 Å². The molecule has 188 valence electrons. The van der Waals surface area contributed by atoms with Crippen molar-refractivity contribution < 1.29 is 19.0 Å². The Labute approximate surface area is 205 Å². The van der Waals surface area contributed by atoms with Crippen LogP contribution in [0.2, 0.25) is 0 Å². The van der Waals surface area contributed by atoms with E-state index in [-0.39, 0.29) is 5.82 Å². The van der Waals surface area contributed by atoms with E-state index in [0.29, 0.717) is 18.1 Å². The first-order valence-electron chi connectivity index (χ1n) is 12.0. The summed E-state index contributed by atoms with van der Waals surface area (Å²) in [5.74, 6) is 0.417. The summed E-state index contributed by atoms with van der Waals surface area (Å²) in [7, 11) is 1.80. The Morgan fingerprint density at radius 2 is 2.00 bits per heavy atom. The zero-order chi connectivity index (χ0) is 25.2. The Balaban J connectivity index is 1.47. The number of aliphatic hydroxyl groups excluding tert-OH is 1. The quantitative estimate of drug-likeness (QED) is 0.296. The molecule has 3 aromatic rings. The van der Waals surface area contributed by atoms with Gasteiger partial charge in [0.25, 0.3) is 0 Å². The number of tetrazole rings is 1. The maximum atomic E-state index is 13.1. The number of aromatic amines is 1. The maximum Gasteiger partial charge on any atom is 0.331 e. The van der Waals surface area contributed by atoms with E-state index in [1.165, 1.54) is 12.1 Å². The molecule has 0 spiro atoms. The molecule has 3 rings (SSSR count). The smallest absolute Gasteiger partial charge is 0.331 e.